The number of hydrogen-bond acceptors (Lipinski definition) is 0. The monoisotopic (exact) mass is 400 g/mol. The van der Waals surface area contributed by atoms with Crippen LogP contribution in [0, 0.1) is 0 Å². The second-order valence-electron chi connectivity index (χ2n) is 2.73. The molecule has 0 radical (unpaired) electrons. The van der Waals surface area contributed by atoms with Gasteiger partial charge in [0, 0.05) is 16.6 Å². The summed E-state index contributed by atoms with van der Waals surface area (Å²) in [6.45, 7) is 0. The smallest absolute Gasteiger partial charge is 0.211 e. The van der Waals surface area contributed by atoms with Crippen LogP contribution in [0.4, 0.5) is 22.0 Å². The van der Waals surface area contributed by atoms with Gasteiger partial charge in [-0.25, -0.2) is 13.2 Å². The number of alkyl halides is 9. The summed E-state index contributed by atoms with van der Waals surface area (Å²) in [5.74, 6) is -4.46. The number of rotatable bonds is 5. The van der Waals surface area contributed by atoms with Crippen molar-refractivity contribution in [3.8, 4) is 0 Å². The third-order valence-corrected chi connectivity index (χ3v) is 4.63. The Labute approximate surface area is 110 Å². The molecule has 2 atom stereocenters. The van der Waals surface area contributed by atoms with Crippen molar-refractivity contribution in [1.82, 2.24) is 0 Å². The number of halogens is 9. The summed E-state index contributed by atoms with van der Waals surface area (Å²) in [4.78, 5) is -0.902. The van der Waals surface area contributed by atoms with Gasteiger partial charge in [-0.05, 0) is 11.6 Å². The first-order valence-electron chi connectivity index (χ1n) is 3.48. The minimum atomic E-state index is -4.85. The van der Waals surface area contributed by atoms with Crippen LogP contribution in [-0.4, -0.2) is 26.6 Å². The lowest BCUT2D eigenvalue weighted by Gasteiger charge is -2.31. The Balaban J connectivity index is 4.85. The van der Waals surface area contributed by atoms with E-state index in [2.05, 4.69) is 55.1 Å². The molecule has 0 aromatic heterocycles. The van der Waals surface area contributed by atoms with Gasteiger partial charge < -0.3 is 0 Å². The summed E-state index contributed by atoms with van der Waals surface area (Å²) < 4.78 is 63.6. The molecule has 0 spiro atoms. The fourth-order valence-corrected chi connectivity index (χ4v) is 1.52. The summed E-state index contributed by atoms with van der Waals surface area (Å²) in [6.07, 6.45) is -1.21. The first kappa shape index (κ1) is 16.2. The van der Waals surface area contributed by atoms with Crippen molar-refractivity contribution >= 4 is 55.1 Å². The third-order valence-electron chi connectivity index (χ3n) is 1.46. The van der Waals surface area contributed by atoms with Crippen molar-refractivity contribution in [3.63, 3.8) is 0 Å². The predicted molar refractivity (Wildman–Crippen MR) is 56.6 cm³/mol. The van der Waals surface area contributed by atoms with Gasteiger partial charge in [0.1, 0.15) is 0 Å². The van der Waals surface area contributed by atoms with E-state index in [0.29, 0.717) is 0 Å². The molecule has 0 heterocycles. The van der Waals surface area contributed by atoms with Crippen molar-refractivity contribution in [1.29, 1.82) is 0 Å². The van der Waals surface area contributed by atoms with Gasteiger partial charge in [-0.3, -0.25) is 0 Å². The molecule has 0 rings (SSSR count). The maximum absolute atomic E-state index is 13.0. The van der Waals surface area contributed by atoms with Crippen LogP contribution in [0.15, 0.2) is 0 Å². The largest absolute Gasteiger partial charge is 0.375 e. The summed E-state index contributed by atoms with van der Waals surface area (Å²) in [7, 11) is 0. The number of hydrogen-bond donors (Lipinski definition) is 0. The van der Waals surface area contributed by atoms with Crippen molar-refractivity contribution in [2.75, 3.05) is 5.33 Å². The van der Waals surface area contributed by atoms with Gasteiger partial charge in [0.2, 0.25) is 0 Å². The Morgan fingerprint density at radius 1 is 1.07 bits per heavy atom. The average molecular weight is 403 g/mol. The Bertz CT molecular complexity index is 218. The van der Waals surface area contributed by atoms with Gasteiger partial charge in [-0.2, -0.15) is 8.78 Å². The zero-order chi connectivity index (χ0) is 12.5. The standard InChI is InChI=1S/C6H5Br2Cl2F5/c7-2-3(8)1-4(11,12)5(9,13)6(10,14)15/h3H,1-2H2. The molecule has 0 amide bonds. The zero-order valence-electron chi connectivity index (χ0n) is 6.89. The molecular formula is C6H5Br2Cl2F5. The maximum atomic E-state index is 13.0. The minimum Gasteiger partial charge on any atom is -0.211 e. The molecule has 0 fully saturated rings. The van der Waals surface area contributed by atoms with E-state index in [1.54, 1.807) is 0 Å². The molecule has 0 aliphatic carbocycles. The molecule has 0 aliphatic heterocycles. The van der Waals surface area contributed by atoms with Crippen molar-refractivity contribution in [3.05, 3.63) is 0 Å². The summed E-state index contributed by atoms with van der Waals surface area (Å²) in [5.41, 5.74) is 0. The molecule has 0 aromatic carbocycles. The van der Waals surface area contributed by atoms with Gasteiger partial charge in [-0.1, -0.05) is 43.5 Å². The van der Waals surface area contributed by atoms with Crippen LogP contribution in [0.1, 0.15) is 6.42 Å². The lowest BCUT2D eigenvalue weighted by atomic mass is 10.1. The predicted octanol–water partition coefficient (Wildman–Crippen LogP) is 4.91. The van der Waals surface area contributed by atoms with E-state index in [4.69, 9.17) is 0 Å². The van der Waals surface area contributed by atoms with Gasteiger partial charge >= 0.3 is 16.4 Å². The van der Waals surface area contributed by atoms with Gasteiger partial charge in [0.05, 0.1) is 0 Å². The molecular weight excluding hydrogens is 398 g/mol. The molecule has 0 nitrogen and oxygen atoms in total. The van der Waals surface area contributed by atoms with Crippen molar-refractivity contribution in [2.45, 2.75) is 27.7 Å². The van der Waals surface area contributed by atoms with Crippen molar-refractivity contribution in [2.24, 2.45) is 0 Å². The molecule has 15 heavy (non-hydrogen) atoms. The quantitative estimate of drug-likeness (QED) is 0.453. The average Bonchev–Trinajstić information content (AvgIpc) is 2.00. The van der Waals surface area contributed by atoms with Crippen LogP contribution in [0.25, 0.3) is 0 Å². The molecule has 0 N–H and O–H groups in total. The summed E-state index contributed by atoms with van der Waals surface area (Å²) in [6, 6.07) is 0. The lowest BCUT2D eigenvalue weighted by molar-refractivity contribution is -0.172. The van der Waals surface area contributed by atoms with E-state index in [1.807, 2.05) is 0 Å². The molecule has 0 saturated carbocycles. The topological polar surface area (TPSA) is 0 Å². The molecule has 92 valence electrons. The Hall–Kier alpha value is 1.19. The van der Waals surface area contributed by atoms with Crippen molar-refractivity contribution < 1.29 is 22.0 Å². The van der Waals surface area contributed by atoms with E-state index in [9.17, 15) is 22.0 Å². The van der Waals surface area contributed by atoms with Crippen LogP contribution in [0.5, 0.6) is 0 Å². The van der Waals surface area contributed by atoms with Crippen LogP contribution in [0.2, 0.25) is 0 Å². The van der Waals surface area contributed by atoms with E-state index in [-0.39, 0.29) is 5.33 Å². The van der Waals surface area contributed by atoms with Gasteiger partial charge in [0.15, 0.2) is 0 Å². The fourth-order valence-electron chi connectivity index (χ4n) is 0.668. The highest BCUT2D eigenvalue weighted by molar-refractivity contribution is 9.12. The molecule has 0 saturated heterocycles. The van der Waals surface area contributed by atoms with E-state index < -0.39 is 27.7 Å². The summed E-state index contributed by atoms with van der Waals surface area (Å²) in [5, 5.41) is -9.43. The van der Waals surface area contributed by atoms with Gasteiger partial charge in [0.25, 0.3) is 0 Å². The highest BCUT2D eigenvalue weighted by Crippen LogP contribution is 2.51. The Morgan fingerprint density at radius 2 is 1.47 bits per heavy atom. The fraction of sp³-hybridized carbons (Fsp3) is 1.00. The second-order valence-corrected chi connectivity index (χ2v) is 5.67. The molecule has 0 aromatic rings. The minimum absolute atomic E-state index is 0.0312. The van der Waals surface area contributed by atoms with Crippen LogP contribution in [-0.2, 0) is 0 Å². The lowest BCUT2D eigenvalue weighted by Crippen LogP contribution is -2.51. The van der Waals surface area contributed by atoms with Crippen LogP contribution >= 0.6 is 55.1 Å². The van der Waals surface area contributed by atoms with Crippen LogP contribution in [0.3, 0.4) is 0 Å². The maximum Gasteiger partial charge on any atom is 0.375 e. The molecule has 0 aliphatic rings. The first-order valence-corrected chi connectivity index (χ1v) is 6.27. The van der Waals surface area contributed by atoms with E-state index in [1.165, 1.54) is 0 Å². The first-order chi connectivity index (χ1) is 6.45. The van der Waals surface area contributed by atoms with E-state index in [0.717, 1.165) is 0 Å². The van der Waals surface area contributed by atoms with Gasteiger partial charge in [-0.15, -0.1) is 0 Å². The highest BCUT2D eigenvalue weighted by Gasteiger charge is 2.68. The third kappa shape index (κ3) is 3.85. The Morgan fingerprint density at radius 3 is 1.73 bits per heavy atom. The van der Waals surface area contributed by atoms with Crippen LogP contribution < -0.4 is 0 Å². The van der Waals surface area contributed by atoms with E-state index >= 15 is 0 Å². The summed E-state index contributed by atoms with van der Waals surface area (Å²) >= 11 is 14.2. The molecule has 0 bridgehead atoms. The highest BCUT2D eigenvalue weighted by atomic mass is 79.9. The SMILES string of the molecule is FC(F)(Cl)C(F)(Cl)C(F)(F)CC(Br)CBr. The normalized spacial score (nSPS) is 19.8. The zero-order valence-corrected chi connectivity index (χ0v) is 11.6. The Kier molecular flexibility index (Phi) is 5.64. The molecule has 9 heteroatoms. The molecule has 2 unspecified atom stereocenters. The second kappa shape index (κ2) is 5.23.